The number of quaternary nitrogens is 1. The Morgan fingerprint density at radius 2 is 1.83 bits per heavy atom. The van der Waals surface area contributed by atoms with E-state index in [1.807, 2.05) is 0 Å². The minimum atomic E-state index is 0.250. The van der Waals surface area contributed by atoms with Gasteiger partial charge in [0.1, 0.15) is 0 Å². The topological polar surface area (TPSA) is 53.7 Å². The van der Waals surface area contributed by atoms with Gasteiger partial charge in [-0.25, -0.2) is 0 Å². The first kappa shape index (κ1) is 9.46. The lowest BCUT2D eigenvalue weighted by Crippen LogP contribution is -2.60. The van der Waals surface area contributed by atoms with Crippen molar-refractivity contribution in [1.29, 1.82) is 0 Å². The van der Waals surface area contributed by atoms with Crippen LogP contribution in [-0.4, -0.2) is 11.5 Å². The van der Waals surface area contributed by atoms with Gasteiger partial charge in [0.15, 0.2) is 0 Å². The Kier molecular flexibility index (Phi) is 14.1. The van der Waals surface area contributed by atoms with Gasteiger partial charge in [0.2, 0.25) is 0 Å². The summed E-state index contributed by atoms with van der Waals surface area (Å²) in [6, 6.07) is 0. The fourth-order valence-corrected chi connectivity index (χ4v) is 0. The zero-order valence-electron chi connectivity index (χ0n) is 3.57. The van der Waals surface area contributed by atoms with E-state index < -0.39 is 0 Å². The highest BCUT2D eigenvalue weighted by Gasteiger charge is 1.61. The van der Waals surface area contributed by atoms with E-state index in [1.165, 1.54) is 6.38 Å². The molecule has 0 aromatic carbocycles. The molecule has 0 aromatic heterocycles. The molecule has 2 nitrogen and oxygen atoms in total. The molecule has 0 aromatic rings. The average Bonchev–Trinajstić information content (AvgIpc) is 1.41. The van der Waals surface area contributed by atoms with Gasteiger partial charge in [0.25, 0.3) is 5.11 Å². The predicted octanol–water partition coefficient (Wildman–Crippen LogP) is -0.673. The van der Waals surface area contributed by atoms with Gasteiger partial charge in [-0.15, -0.1) is 11.6 Å². The zero-order valence-corrected chi connectivity index (χ0v) is 5.14. The monoisotopic (exact) mass is 127 g/mol. The fourth-order valence-electron chi connectivity index (χ4n) is 0. The van der Waals surface area contributed by atoms with Gasteiger partial charge in [0, 0.05) is 18.6 Å². The second kappa shape index (κ2) is 8.94. The molecule has 0 bridgehead atoms. The normalized spacial score (nSPS) is 5.17. The molecule has 38 valence electrons. The van der Waals surface area contributed by atoms with Crippen molar-refractivity contribution in [1.82, 2.24) is 0 Å². The van der Waals surface area contributed by atoms with Gasteiger partial charge in [-0.1, -0.05) is 0 Å². The predicted molar refractivity (Wildman–Crippen MR) is 31.5 cm³/mol. The van der Waals surface area contributed by atoms with Crippen LogP contribution in [0.5, 0.6) is 0 Å². The number of rotatable bonds is 0. The van der Waals surface area contributed by atoms with Crippen LogP contribution >= 0.6 is 23.8 Å². The van der Waals surface area contributed by atoms with E-state index in [-0.39, 0.29) is 5.11 Å². The van der Waals surface area contributed by atoms with Crippen molar-refractivity contribution in [2.24, 2.45) is 5.73 Å². The van der Waals surface area contributed by atoms with Crippen molar-refractivity contribution in [3.63, 3.8) is 0 Å². The van der Waals surface area contributed by atoms with Crippen LogP contribution in [-0.2, 0) is 0 Å². The van der Waals surface area contributed by atoms with Crippen molar-refractivity contribution in [2.75, 3.05) is 6.38 Å². The molecule has 0 amide bonds. The zero-order chi connectivity index (χ0) is 5.58. The van der Waals surface area contributed by atoms with Crippen LogP contribution in [0, 0.1) is 0 Å². The van der Waals surface area contributed by atoms with Crippen molar-refractivity contribution < 1.29 is 5.73 Å². The molecule has 0 aliphatic rings. The standard InChI is InChI=1S/CH3Cl.CH4N2S/c1-2;2-1(3)4/h1H3;(H4,2,3,4)/p+1. The van der Waals surface area contributed by atoms with E-state index >= 15 is 0 Å². The molecule has 0 spiro atoms. The molecule has 0 rings (SSSR count). The molecule has 0 unspecified atom stereocenters. The lowest BCUT2D eigenvalue weighted by molar-refractivity contribution is -0.210. The second-order valence-corrected chi connectivity index (χ2v) is 0.991. The van der Waals surface area contributed by atoms with E-state index in [4.69, 9.17) is 5.73 Å². The summed E-state index contributed by atoms with van der Waals surface area (Å²) >= 11 is 8.84. The molecule has 0 saturated carbocycles. The Balaban J connectivity index is 0. The highest BCUT2D eigenvalue weighted by molar-refractivity contribution is 7.79. The molecule has 0 saturated heterocycles. The summed E-state index contributed by atoms with van der Waals surface area (Å²) in [5.74, 6) is 0. The molecule has 5 N–H and O–H groups in total. The third-order valence-electron chi connectivity index (χ3n) is 0. The largest absolute Gasteiger partial charge is 0.345 e. The first-order valence-corrected chi connectivity index (χ1v) is 2.39. The van der Waals surface area contributed by atoms with E-state index in [0.717, 1.165) is 0 Å². The molecule has 6 heavy (non-hydrogen) atoms. The Hall–Kier alpha value is 0.140. The maximum Gasteiger partial charge on any atom is 0.262 e. The number of nitrogens with two attached hydrogens (primary N) is 1. The first-order chi connectivity index (χ1) is 2.73. The van der Waals surface area contributed by atoms with E-state index in [9.17, 15) is 0 Å². The lowest BCUT2D eigenvalue weighted by Gasteiger charge is -1.61. The smallest absolute Gasteiger partial charge is 0.262 e. The first-order valence-electron chi connectivity index (χ1n) is 1.22. The van der Waals surface area contributed by atoms with Crippen LogP contribution in [0.25, 0.3) is 0 Å². The summed E-state index contributed by atoms with van der Waals surface area (Å²) in [6.45, 7) is 0. The minimum absolute atomic E-state index is 0.250. The van der Waals surface area contributed by atoms with Crippen LogP contribution < -0.4 is 11.5 Å². The molecular formula is C2H8ClN2S+. The van der Waals surface area contributed by atoms with Gasteiger partial charge in [0.05, 0.1) is 0 Å². The minimum Gasteiger partial charge on any atom is -0.345 e. The molecule has 0 heterocycles. The Labute approximate surface area is 47.5 Å². The van der Waals surface area contributed by atoms with Crippen molar-refractivity contribution in [3.05, 3.63) is 0 Å². The van der Waals surface area contributed by atoms with Crippen LogP contribution in [0.15, 0.2) is 0 Å². The van der Waals surface area contributed by atoms with E-state index in [0.29, 0.717) is 0 Å². The summed E-state index contributed by atoms with van der Waals surface area (Å²) < 4.78 is 0. The third kappa shape index (κ3) is 2080. The van der Waals surface area contributed by atoms with Crippen LogP contribution in [0.3, 0.4) is 0 Å². The fraction of sp³-hybridized carbons (Fsp3) is 0.500. The highest BCUT2D eigenvalue weighted by Crippen LogP contribution is 1.34. The Bertz CT molecular complexity index is 34.5. The van der Waals surface area contributed by atoms with Crippen molar-refractivity contribution in [2.45, 2.75) is 0 Å². The second-order valence-electron chi connectivity index (χ2n) is 0.466. The number of halogens is 1. The van der Waals surface area contributed by atoms with Crippen molar-refractivity contribution in [3.8, 4) is 0 Å². The van der Waals surface area contributed by atoms with Gasteiger partial charge >= 0.3 is 0 Å². The van der Waals surface area contributed by atoms with Crippen LogP contribution in [0.4, 0.5) is 0 Å². The number of thiocarbonyl (C=S) groups is 1. The molecular weight excluding hydrogens is 120 g/mol. The third-order valence-corrected chi connectivity index (χ3v) is 0. The molecule has 0 aliphatic heterocycles. The molecule has 0 fully saturated rings. The molecule has 0 radical (unpaired) electrons. The van der Waals surface area contributed by atoms with E-state index in [2.05, 4.69) is 29.6 Å². The Morgan fingerprint density at radius 3 is 1.83 bits per heavy atom. The average molecular weight is 128 g/mol. The quantitative estimate of drug-likeness (QED) is 0.335. The van der Waals surface area contributed by atoms with Gasteiger partial charge < -0.3 is 11.5 Å². The van der Waals surface area contributed by atoms with Crippen molar-refractivity contribution >= 4 is 28.9 Å². The summed E-state index contributed by atoms with van der Waals surface area (Å²) in [4.78, 5) is 0. The van der Waals surface area contributed by atoms with Crippen LogP contribution in [0.1, 0.15) is 0 Å². The number of hydrogen-bond acceptors (Lipinski definition) is 1. The molecule has 4 heteroatoms. The van der Waals surface area contributed by atoms with E-state index in [1.54, 1.807) is 0 Å². The summed E-state index contributed by atoms with van der Waals surface area (Å²) in [7, 11) is 0. The molecule has 0 aliphatic carbocycles. The maximum absolute atomic E-state index is 4.73. The highest BCUT2D eigenvalue weighted by atomic mass is 35.5. The van der Waals surface area contributed by atoms with Gasteiger partial charge in [-0.3, -0.25) is 0 Å². The Morgan fingerprint density at radius 1 is 1.83 bits per heavy atom. The summed E-state index contributed by atoms with van der Waals surface area (Å²) in [5, 5.41) is 0.250. The molecule has 0 atom stereocenters. The van der Waals surface area contributed by atoms with Gasteiger partial charge in [-0.05, 0) is 0 Å². The lowest BCUT2D eigenvalue weighted by atomic mass is 11.3. The van der Waals surface area contributed by atoms with Gasteiger partial charge in [-0.2, -0.15) is 0 Å². The summed E-state index contributed by atoms with van der Waals surface area (Å²) in [5.41, 5.74) is 7.88. The SMILES string of the molecule is CCl.NC([NH3+])=S. The van der Waals surface area contributed by atoms with Crippen LogP contribution in [0.2, 0.25) is 0 Å². The number of hydrogen-bond donors (Lipinski definition) is 2. The summed E-state index contributed by atoms with van der Waals surface area (Å²) in [6.07, 6.45) is 1.47. The maximum atomic E-state index is 4.73. The number of alkyl halides is 1.